The second-order valence-corrected chi connectivity index (χ2v) is 23.8. The van der Waals surface area contributed by atoms with Gasteiger partial charge in [-0.1, -0.05) is 187 Å². The first-order valence-electron chi connectivity index (χ1n) is 25.5. The molecule has 9 aromatic rings. The van der Waals surface area contributed by atoms with Gasteiger partial charge in [-0.25, -0.2) is 9.58 Å². The second kappa shape index (κ2) is 17.5. The zero-order chi connectivity index (χ0) is 50.0. The molecule has 2 aliphatic rings. The van der Waals surface area contributed by atoms with Crippen molar-refractivity contribution in [3.63, 3.8) is 0 Å². The molecule has 4 heterocycles. The first-order valence-corrected chi connectivity index (χ1v) is 25.5. The minimum absolute atomic E-state index is 0. The smallest absolute Gasteiger partial charge is 0.225 e. The van der Waals surface area contributed by atoms with Crippen molar-refractivity contribution in [2.45, 2.75) is 118 Å². The molecule has 11 rings (SSSR count). The molecule has 7 aromatic carbocycles. The van der Waals surface area contributed by atoms with Gasteiger partial charge in [-0.3, -0.25) is 0 Å². The maximum Gasteiger partial charge on any atom is 0.225 e. The average Bonchev–Trinajstić information content (AvgIpc) is 3.83. The Labute approximate surface area is 442 Å². The second-order valence-electron chi connectivity index (χ2n) is 23.8. The molecule has 0 spiro atoms. The molecule has 0 bridgehead atoms. The zero-order valence-electron chi connectivity index (χ0n) is 44.2. The van der Waals surface area contributed by atoms with Gasteiger partial charge >= 0.3 is 0 Å². The molecule has 1 unspecified atom stereocenters. The van der Waals surface area contributed by atoms with Gasteiger partial charge in [0.15, 0.2) is 12.4 Å². The van der Waals surface area contributed by atoms with Crippen LogP contribution in [0.1, 0.15) is 130 Å². The van der Waals surface area contributed by atoms with Gasteiger partial charge < -0.3 is 9.30 Å². The van der Waals surface area contributed by atoms with E-state index in [1.54, 1.807) is 0 Å². The van der Waals surface area contributed by atoms with Gasteiger partial charge in [0.05, 0.1) is 5.69 Å². The Hall–Kier alpha value is -6.10. The minimum atomic E-state index is -0.0832. The third-order valence-corrected chi connectivity index (χ3v) is 15.1. The van der Waals surface area contributed by atoms with Crippen molar-refractivity contribution in [1.29, 1.82) is 0 Å². The summed E-state index contributed by atoms with van der Waals surface area (Å²) in [5.74, 6) is 2.73. The van der Waals surface area contributed by atoms with E-state index in [9.17, 15) is 0 Å². The molecular formula is C66H67N4OPt-. The maximum atomic E-state index is 7.19. The van der Waals surface area contributed by atoms with Crippen LogP contribution in [0.25, 0.3) is 49.9 Å². The predicted octanol–water partition coefficient (Wildman–Crippen LogP) is 18.4. The van der Waals surface area contributed by atoms with Crippen molar-refractivity contribution in [1.82, 2.24) is 18.7 Å². The Morgan fingerprint density at radius 1 is 0.528 bits per heavy atom. The van der Waals surface area contributed by atoms with E-state index in [4.69, 9.17) is 9.72 Å². The number of pyridine rings is 1. The van der Waals surface area contributed by atoms with E-state index in [1.165, 1.54) is 61.6 Å². The van der Waals surface area contributed by atoms with Gasteiger partial charge in [0, 0.05) is 68.5 Å². The number of para-hydroxylation sites is 1. The summed E-state index contributed by atoms with van der Waals surface area (Å²) in [7, 11) is 0. The molecule has 6 heteroatoms. The van der Waals surface area contributed by atoms with Crippen molar-refractivity contribution in [3.05, 3.63) is 198 Å². The number of hydrogen-bond acceptors (Lipinski definition) is 2. The normalized spacial score (nSPS) is 17.4. The number of rotatable bonds is 9. The van der Waals surface area contributed by atoms with Crippen LogP contribution in [-0.2, 0) is 37.3 Å². The molecule has 368 valence electrons. The SMILES string of the molecule is CC(C)c1cccc(C(C)C)c1-c1cc(Oc2[c-]c3c(cc2)c2ccccc2n3-c2cc(C(C)(C)C)ccn2)[c-]c([N+]23[CH-][N@+]2(c2cc(-c4ccccc4)cc(C(C)(C)C)c2)c2cc(C(C)(C)C)ccc23)c1.[Pt]. The fraction of sp³-hybridized carbons (Fsp3) is 0.273. The van der Waals surface area contributed by atoms with E-state index in [-0.39, 0.29) is 37.3 Å². The number of aromatic nitrogens is 2. The van der Waals surface area contributed by atoms with Gasteiger partial charge in [-0.05, 0) is 96.2 Å². The summed E-state index contributed by atoms with van der Waals surface area (Å²) < 4.78 is 10.5. The number of quaternary nitrogens is 2. The minimum Gasteiger partial charge on any atom is -0.509 e. The molecule has 2 aliphatic heterocycles. The summed E-state index contributed by atoms with van der Waals surface area (Å²) in [6.07, 6.45) is 1.93. The zero-order valence-corrected chi connectivity index (χ0v) is 46.5. The average molecular weight is 1130 g/mol. The van der Waals surface area contributed by atoms with Crippen LogP contribution in [0.15, 0.2) is 152 Å². The molecule has 1 saturated heterocycles. The van der Waals surface area contributed by atoms with E-state index in [1.807, 2.05) is 6.20 Å². The van der Waals surface area contributed by atoms with Crippen molar-refractivity contribution < 1.29 is 25.8 Å². The topological polar surface area (TPSA) is 27.1 Å². The van der Waals surface area contributed by atoms with Crippen LogP contribution in [0.4, 0.5) is 22.7 Å². The van der Waals surface area contributed by atoms with Crippen molar-refractivity contribution in [2.24, 2.45) is 0 Å². The van der Waals surface area contributed by atoms with E-state index in [0.29, 0.717) is 32.5 Å². The van der Waals surface area contributed by atoms with E-state index >= 15 is 0 Å². The standard InChI is InChI=1S/C66H67N4O.Pt/c1-42(2)54-23-19-24-55(43(3)4)63(54)46-34-51(39-53(35-46)71-52-27-28-57-56-22-17-18-25-58(56)68(59(57)40-52)62-38-48(30-31-67-62)65(8,9)10)69-41-70(69,61-37-47(64(5,6)7)26-29-60(61)69)50-33-45(44-20-15-14-16-21-44)32-49(36-50)66(11,12)13;/h14-38,41-43H,1-13H3;/q-1;/t69?,70-;/m0./s1. The monoisotopic (exact) mass is 1130 g/mol. The molecule has 72 heavy (non-hydrogen) atoms. The van der Waals surface area contributed by atoms with Gasteiger partial charge in [0.2, 0.25) is 11.4 Å². The summed E-state index contributed by atoms with van der Waals surface area (Å²) in [5.41, 5.74) is 18.0. The molecule has 0 radical (unpaired) electrons. The number of ether oxygens (including phenoxy) is 1. The Kier molecular flexibility index (Phi) is 12.1. The quantitative estimate of drug-likeness (QED) is 0.0818. The first-order chi connectivity index (χ1) is 33.7. The van der Waals surface area contributed by atoms with Crippen LogP contribution in [0, 0.1) is 18.8 Å². The van der Waals surface area contributed by atoms with Crippen molar-refractivity contribution in [3.8, 4) is 39.6 Å². The van der Waals surface area contributed by atoms with E-state index in [0.717, 1.165) is 38.9 Å². The van der Waals surface area contributed by atoms with Gasteiger partial charge in [0.25, 0.3) is 0 Å². The third kappa shape index (κ3) is 7.99. The molecular weight excluding hydrogens is 1060 g/mol. The number of fused-ring (bicyclic) bond motifs is 7. The van der Waals surface area contributed by atoms with Crippen molar-refractivity contribution in [2.75, 3.05) is 0 Å². The fourth-order valence-corrected chi connectivity index (χ4v) is 11.1. The molecule has 0 aliphatic carbocycles. The maximum absolute atomic E-state index is 7.19. The van der Waals surface area contributed by atoms with Crippen LogP contribution in [0.5, 0.6) is 11.5 Å². The van der Waals surface area contributed by atoms with Crippen LogP contribution >= 0.6 is 0 Å². The summed E-state index contributed by atoms with van der Waals surface area (Å²) in [4.78, 5) is 4.96. The fourth-order valence-electron chi connectivity index (χ4n) is 11.1. The Balaban J connectivity index is 0.00000596. The van der Waals surface area contributed by atoms with Gasteiger partial charge in [-0.2, -0.15) is 10.7 Å². The van der Waals surface area contributed by atoms with Crippen LogP contribution in [-0.4, -0.2) is 9.55 Å². The van der Waals surface area contributed by atoms with Crippen LogP contribution in [0.3, 0.4) is 0 Å². The number of nitrogens with zero attached hydrogens (tertiary/aromatic N) is 4. The molecule has 2 aromatic heterocycles. The summed E-state index contributed by atoms with van der Waals surface area (Å²) >= 11 is 0. The van der Waals surface area contributed by atoms with E-state index < -0.39 is 0 Å². The van der Waals surface area contributed by atoms with Crippen LogP contribution in [0.2, 0.25) is 0 Å². The van der Waals surface area contributed by atoms with Crippen molar-refractivity contribution >= 4 is 44.6 Å². The molecule has 1 fully saturated rings. The largest absolute Gasteiger partial charge is 0.509 e. The Bertz CT molecular complexity index is 3540. The van der Waals surface area contributed by atoms with Gasteiger partial charge in [0.1, 0.15) is 5.82 Å². The summed E-state index contributed by atoms with van der Waals surface area (Å²) in [6, 6.07) is 61.6. The number of benzene rings is 7. The van der Waals surface area contributed by atoms with Crippen LogP contribution < -0.4 is 13.9 Å². The summed E-state index contributed by atoms with van der Waals surface area (Å²) in [6.45, 7) is 32.4. The molecule has 2 atom stereocenters. The Morgan fingerprint density at radius 3 is 1.88 bits per heavy atom. The Morgan fingerprint density at radius 2 is 1.19 bits per heavy atom. The summed E-state index contributed by atoms with van der Waals surface area (Å²) in [5, 5.41) is 2.25. The van der Waals surface area contributed by atoms with E-state index in [2.05, 4.69) is 259 Å². The number of hydrogen-bond donors (Lipinski definition) is 0. The predicted molar refractivity (Wildman–Crippen MR) is 298 cm³/mol. The molecule has 0 amide bonds. The molecule has 5 nitrogen and oxygen atoms in total. The third-order valence-electron chi connectivity index (χ3n) is 15.1. The molecule has 0 saturated carbocycles. The van der Waals surface area contributed by atoms with Gasteiger partial charge in [-0.15, -0.1) is 29.1 Å². The molecule has 0 N–H and O–H groups in total. The first kappa shape index (κ1) is 49.5.